The molecule has 38 heavy (non-hydrogen) atoms. The molecule has 0 aliphatic heterocycles. The third-order valence-electron chi connectivity index (χ3n) is 8.51. The van der Waals surface area contributed by atoms with Gasteiger partial charge >= 0.3 is 6.09 Å². The van der Waals surface area contributed by atoms with E-state index in [1.807, 2.05) is 11.4 Å². The second-order valence-electron chi connectivity index (χ2n) is 11.0. The monoisotopic (exact) mass is 532 g/mol. The van der Waals surface area contributed by atoms with E-state index in [2.05, 4.69) is 58.1 Å². The van der Waals surface area contributed by atoms with E-state index < -0.39 is 0 Å². The van der Waals surface area contributed by atoms with E-state index >= 15 is 0 Å². The molecule has 0 unspecified atom stereocenters. The summed E-state index contributed by atoms with van der Waals surface area (Å²) in [5.41, 5.74) is 5.55. The van der Waals surface area contributed by atoms with Gasteiger partial charge in [0.2, 0.25) is 5.91 Å². The van der Waals surface area contributed by atoms with Gasteiger partial charge in [-0.1, -0.05) is 37.6 Å². The fraction of sp³-hybridized carbons (Fsp3) is 0.467. The molecule has 2 aromatic heterocycles. The number of anilines is 1. The molecule has 0 radical (unpaired) electrons. The van der Waals surface area contributed by atoms with E-state index in [9.17, 15) is 9.59 Å². The van der Waals surface area contributed by atoms with Crippen molar-refractivity contribution < 1.29 is 14.3 Å². The maximum Gasteiger partial charge on any atom is 0.409 e. The number of aromatic nitrogens is 2. The highest BCUT2D eigenvalue weighted by Crippen LogP contribution is 2.44. The summed E-state index contributed by atoms with van der Waals surface area (Å²) in [7, 11) is 3.18. The smallest absolute Gasteiger partial charge is 0.409 e. The van der Waals surface area contributed by atoms with Crippen LogP contribution in [0.25, 0.3) is 22.4 Å². The quantitative estimate of drug-likeness (QED) is 0.358. The van der Waals surface area contributed by atoms with Crippen molar-refractivity contribution >= 4 is 29.2 Å². The SMILES string of the molecule is COC(=O)N(C)C1CCC(CC(=O)Nc2cc(-c3ccsc3)c(-c3ccc(C4(C)CCC4)cc3)nn2)CC1. The minimum absolute atomic E-state index is 0.0498. The van der Waals surface area contributed by atoms with Crippen LogP contribution in [0, 0.1) is 5.92 Å². The molecule has 2 aliphatic rings. The first-order valence-corrected chi connectivity index (χ1v) is 14.4. The Morgan fingerprint density at radius 2 is 1.82 bits per heavy atom. The number of nitrogens with zero attached hydrogens (tertiary/aromatic N) is 3. The molecular weight excluding hydrogens is 496 g/mol. The summed E-state index contributed by atoms with van der Waals surface area (Å²) in [6.07, 6.45) is 7.46. The fourth-order valence-corrected chi connectivity index (χ4v) is 6.47. The Hall–Kier alpha value is -3.26. The molecule has 1 N–H and O–H groups in total. The zero-order valence-corrected chi connectivity index (χ0v) is 23.2. The molecule has 200 valence electrons. The van der Waals surface area contributed by atoms with Crippen molar-refractivity contribution in [2.24, 2.45) is 5.92 Å². The Morgan fingerprint density at radius 1 is 1.08 bits per heavy atom. The van der Waals surface area contributed by atoms with E-state index in [-0.39, 0.29) is 24.0 Å². The molecule has 0 spiro atoms. The fourth-order valence-electron chi connectivity index (χ4n) is 5.82. The molecule has 5 rings (SSSR count). The van der Waals surface area contributed by atoms with Crippen molar-refractivity contribution in [1.29, 1.82) is 0 Å². The molecule has 2 amide bonds. The van der Waals surface area contributed by atoms with Gasteiger partial charge in [0.05, 0.1) is 7.11 Å². The number of amides is 2. The van der Waals surface area contributed by atoms with Gasteiger partial charge in [0.1, 0.15) is 5.69 Å². The van der Waals surface area contributed by atoms with Crippen LogP contribution < -0.4 is 5.32 Å². The molecule has 3 aromatic rings. The number of carbonyl (C=O) groups excluding carboxylic acids is 2. The number of nitrogens with one attached hydrogen (secondary N) is 1. The summed E-state index contributed by atoms with van der Waals surface area (Å²) in [6.45, 7) is 2.34. The van der Waals surface area contributed by atoms with Gasteiger partial charge in [0.25, 0.3) is 0 Å². The Balaban J connectivity index is 1.26. The van der Waals surface area contributed by atoms with Gasteiger partial charge in [-0.2, -0.15) is 11.3 Å². The summed E-state index contributed by atoms with van der Waals surface area (Å²) >= 11 is 1.64. The number of benzene rings is 1. The lowest BCUT2D eigenvalue weighted by molar-refractivity contribution is -0.117. The molecule has 2 saturated carbocycles. The molecule has 1 aromatic carbocycles. The zero-order chi connectivity index (χ0) is 26.7. The Labute approximate surface area is 228 Å². The number of carbonyl (C=O) groups is 2. The number of hydrogen-bond acceptors (Lipinski definition) is 6. The van der Waals surface area contributed by atoms with Gasteiger partial charge < -0.3 is 15.0 Å². The second-order valence-corrected chi connectivity index (χ2v) is 11.8. The highest BCUT2D eigenvalue weighted by Gasteiger charge is 2.33. The van der Waals surface area contributed by atoms with Gasteiger partial charge in [-0.05, 0) is 83.9 Å². The average Bonchev–Trinajstić information content (AvgIpc) is 3.46. The molecule has 0 atom stereocenters. The van der Waals surface area contributed by atoms with Crippen molar-refractivity contribution in [3.05, 3.63) is 52.7 Å². The predicted molar refractivity (Wildman–Crippen MR) is 151 cm³/mol. The lowest BCUT2D eigenvalue weighted by Crippen LogP contribution is -2.39. The lowest BCUT2D eigenvalue weighted by atomic mass is 9.66. The van der Waals surface area contributed by atoms with E-state index in [1.165, 1.54) is 31.9 Å². The maximum absolute atomic E-state index is 12.9. The number of methoxy groups -OCH3 is 1. The van der Waals surface area contributed by atoms with Crippen LogP contribution in [-0.2, 0) is 14.9 Å². The standard InChI is InChI=1S/C30H36N4O3S/c1-30(14-4-15-30)23-9-7-21(8-10-23)28-25(22-13-16-38-19-22)18-26(32-33-28)31-27(35)17-20-5-11-24(12-6-20)34(2)29(36)37-3/h7-10,13,16,18-20,24H,4-6,11-12,14-15,17H2,1-3H3,(H,31,32,35). The molecule has 7 nitrogen and oxygen atoms in total. The molecule has 8 heteroatoms. The van der Waals surface area contributed by atoms with Crippen molar-refractivity contribution in [2.45, 2.75) is 69.7 Å². The van der Waals surface area contributed by atoms with Crippen molar-refractivity contribution in [1.82, 2.24) is 15.1 Å². The van der Waals surface area contributed by atoms with E-state index in [0.29, 0.717) is 17.7 Å². The predicted octanol–water partition coefficient (Wildman–Crippen LogP) is 6.90. The summed E-state index contributed by atoms with van der Waals surface area (Å²) in [5, 5.41) is 16.1. The van der Waals surface area contributed by atoms with Crippen molar-refractivity contribution in [2.75, 3.05) is 19.5 Å². The third kappa shape index (κ3) is 5.60. The first-order chi connectivity index (χ1) is 18.4. The summed E-state index contributed by atoms with van der Waals surface area (Å²) < 4.78 is 4.83. The van der Waals surface area contributed by atoms with Crippen LogP contribution in [0.4, 0.5) is 10.6 Å². The molecule has 2 heterocycles. The molecule has 0 bridgehead atoms. The Kier molecular flexibility index (Phi) is 7.79. The number of thiophene rings is 1. The van der Waals surface area contributed by atoms with Crippen molar-refractivity contribution in [3.63, 3.8) is 0 Å². The summed E-state index contributed by atoms with van der Waals surface area (Å²) in [6, 6.07) is 12.9. The van der Waals surface area contributed by atoms with Crippen LogP contribution in [0.15, 0.2) is 47.2 Å². The van der Waals surface area contributed by atoms with Crippen LogP contribution in [0.3, 0.4) is 0 Å². The maximum atomic E-state index is 12.9. The minimum atomic E-state index is -0.307. The molecule has 2 fully saturated rings. The summed E-state index contributed by atoms with van der Waals surface area (Å²) in [5.74, 6) is 0.709. The van der Waals surface area contributed by atoms with E-state index in [4.69, 9.17) is 4.74 Å². The largest absolute Gasteiger partial charge is 0.453 e. The van der Waals surface area contributed by atoms with Crippen LogP contribution >= 0.6 is 11.3 Å². The highest BCUT2D eigenvalue weighted by molar-refractivity contribution is 7.08. The average molecular weight is 533 g/mol. The topological polar surface area (TPSA) is 84.4 Å². The first-order valence-electron chi connectivity index (χ1n) is 13.5. The molecule has 0 saturated heterocycles. The lowest BCUT2D eigenvalue weighted by Gasteiger charge is -2.39. The van der Waals surface area contributed by atoms with Crippen LogP contribution in [0.2, 0.25) is 0 Å². The Bertz CT molecular complexity index is 1260. The van der Waals surface area contributed by atoms with Gasteiger partial charge in [0, 0.05) is 30.6 Å². The number of hydrogen-bond donors (Lipinski definition) is 1. The first kappa shape index (κ1) is 26.4. The van der Waals surface area contributed by atoms with Gasteiger partial charge in [-0.25, -0.2) is 4.79 Å². The Morgan fingerprint density at radius 3 is 2.42 bits per heavy atom. The molecule has 2 aliphatic carbocycles. The minimum Gasteiger partial charge on any atom is -0.453 e. The van der Waals surface area contributed by atoms with Crippen LogP contribution in [0.5, 0.6) is 0 Å². The van der Waals surface area contributed by atoms with Crippen LogP contribution in [0.1, 0.15) is 63.9 Å². The second kappa shape index (κ2) is 11.2. The molecular formula is C30H36N4O3S. The van der Waals surface area contributed by atoms with Crippen molar-refractivity contribution in [3.8, 4) is 22.4 Å². The van der Waals surface area contributed by atoms with Crippen LogP contribution in [-0.4, -0.2) is 47.3 Å². The normalized spacial score (nSPS) is 20.3. The number of ether oxygens (including phenoxy) is 1. The third-order valence-corrected chi connectivity index (χ3v) is 9.19. The van der Waals surface area contributed by atoms with E-state index in [1.54, 1.807) is 23.3 Å². The number of rotatable bonds is 7. The van der Waals surface area contributed by atoms with E-state index in [0.717, 1.165) is 48.1 Å². The van der Waals surface area contributed by atoms with Gasteiger partial charge in [0.15, 0.2) is 5.82 Å². The van der Waals surface area contributed by atoms with Gasteiger partial charge in [-0.15, -0.1) is 10.2 Å². The van der Waals surface area contributed by atoms with Gasteiger partial charge in [-0.3, -0.25) is 4.79 Å². The zero-order valence-electron chi connectivity index (χ0n) is 22.4. The highest BCUT2D eigenvalue weighted by atomic mass is 32.1. The summed E-state index contributed by atoms with van der Waals surface area (Å²) in [4.78, 5) is 26.4.